The molecule has 0 saturated carbocycles. The third kappa shape index (κ3) is 4.53. The third-order valence-electron chi connectivity index (χ3n) is 3.64. The summed E-state index contributed by atoms with van der Waals surface area (Å²) >= 11 is 7.48. The Kier molecular flexibility index (Phi) is 5.88. The lowest BCUT2D eigenvalue weighted by atomic mass is 10.2. The second kappa shape index (κ2) is 8.32. The average Bonchev–Trinajstić information content (AvgIpc) is 3.29. The van der Waals surface area contributed by atoms with Crippen LogP contribution in [0.15, 0.2) is 52.3 Å². The van der Waals surface area contributed by atoms with E-state index in [9.17, 15) is 9.59 Å². The van der Waals surface area contributed by atoms with Crippen molar-refractivity contribution in [1.82, 2.24) is 9.55 Å². The molecule has 7 nitrogen and oxygen atoms in total. The monoisotopic (exact) mass is 405 g/mol. The number of nitrogens with one attached hydrogen (secondary N) is 1. The van der Waals surface area contributed by atoms with E-state index in [0.717, 1.165) is 5.16 Å². The molecule has 0 bridgehead atoms. The van der Waals surface area contributed by atoms with Crippen LogP contribution in [-0.4, -0.2) is 28.5 Å². The lowest BCUT2D eigenvalue weighted by Crippen LogP contribution is -2.12. The van der Waals surface area contributed by atoms with Crippen molar-refractivity contribution in [2.24, 2.45) is 7.05 Å². The normalized spacial score (nSPS) is 10.6. The van der Waals surface area contributed by atoms with Crippen LogP contribution in [0, 0.1) is 0 Å². The van der Waals surface area contributed by atoms with E-state index in [1.54, 1.807) is 24.4 Å². The molecule has 0 spiro atoms. The number of methoxy groups -OCH3 is 1. The maximum atomic E-state index is 12.4. The standard InChI is InChI=1S/C18H16ClN3O4S/c1-22-8-7-20-18(22)27-10-12-4-6-15(26-12)16(23)21-11-3-5-14(19)13(9-11)17(24)25-2/h3-9H,10H2,1-2H3,(H,21,23). The number of furan rings is 1. The number of aryl methyl sites for hydroxylation is 1. The van der Waals surface area contributed by atoms with E-state index < -0.39 is 11.9 Å². The number of halogens is 1. The first-order valence-corrected chi connectivity index (χ1v) is 9.22. The Morgan fingerprint density at radius 3 is 2.85 bits per heavy atom. The summed E-state index contributed by atoms with van der Waals surface area (Å²) in [6.07, 6.45) is 3.58. The average molecular weight is 406 g/mol. The minimum Gasteiger partial charge on any atom is -0.465 e. The molecule has 140 valence electrons. The van der Waals surface area contributed by atoms with Crippen LogP contribution < -0.4 is 5.32 Å². The summed E-state index contributed by atoms with van der Waals surface area (Å²) in [6, 6.07) is 7.90. The summed E-state index contributed by atoms with van der Waals surface area (Å²) in [7, 11) is 3.17. The summed E-state index contributed by atoms with van der Waals surface area (Å²) in [6.45, 7) is 0. The number of hydrogen-bond acceptors (Lipinski definition) is 6. The van der Waals surface area contributed by atoms with Crippen molar-refractivity contribution in [2.75, 3.05) is 12.4 Å². The molecule has 0 aliphatic heterocycles. The number of thioether (sulfide) groups is 1. The number of anilines is 1. The number of aromatic nitrogens is 2. The van der Waals surface area contributed by atoms with Crippen LogP contribution in [-0.2, 0) is 17.5 Å². The zero-order chi connectivity index (χ0) is 19.4. The number of esters is 1. The predicted octanol–water partition coefficient (Wildman–Crippen LogP) is 4.00. The molecular weight excluding hydrogens is 390 g/mol. The highest BCUT2D eigenvalue weighted by atomic mass is 35.5. The van der Waals surface area contributed by atoms with E-state index in [1.165, 1.54) is 31.0 Å². The first kappa shape index (κ1) is 19.1. The molecule has 2 heterocycles. The summed E-state index contributed by atoms with van der Waals surface area (Å²) in [4.78, 5) is 28.3. The minimum atomic E-state index is -0.581. The Hall–Kier alpha value is -2.71. The highest BCUT2D eigenvalue weighted by Gasteiger charge is 2.15. The summed E-state index contributed by atoms with van der Waals surface area (Å²) in [5.41, 5.74) is 0.578. The number of benzene rings is 1. The van der Waals surface area contributed by atoms with Crippen LogP contribution in [0.3, 0.4) is 0 Å². The van der Waals surface area contributed by atoms with Crippen LogP contribution in [0.5, 0.6) is 0 Å². The second-order valence-corrected chi connectivity index (χ2v) is 6.87. The number of hydrogen-bond donors (Lipinski definition) is 1. The van der Waals surface area contributed by atoms with Crippen molar-refractivity contribution in [2.45, 2.75) is 10.9 Å². The Bertz CT molecular complexity index is 983. The lowest BCUT2D eigenvalue weighted by Gasteiger charge is -2.07. The molecule has 1 aromatic carbocycles. The fourth-order valence-corrected chi connectivity index (χ4v) is 3.29. The maximum absolute atomic E-state index is 12.4. The number of amides is 1. The number of nitrogens with zero attached hydrogens (tertiary/aromatic N) is 2. The van der Waals surface area contributed by atoms with Gasteiger partial charge in [0.1, 0.15) is 5.76 Å². The summed E-state index contributed by atoms with van der Waals surface area (Å²) in [5, 5.41) is 3.77. The molecule has 0 radical (unpaired) electrons. The summed E-state index contributed by atoms with van der Waals surface area (Å²) in [5.74, 6) is 0.356. The van der Waals surface area contributed by atoms with Crippen molar-refractivity contribution in [1.29, 1.82) is 0 Å². The van der Waals surface area contributed by atoms with E-state index in [4.69, 9.17) is 16.0 Å². The van der Waals surface area contributed by atoms with Crippen molar-refractivity contribution in [3.05, 3.63) is 64.8 Å². The van der Waals surface area contributed by atoms with E-state index >= 15 is 0 Å². The Labute approximate surface area is 164 Å². The molecular formula is C18H16ClN3O4S. The smallest absolute Gasteiger partial charge is 0.339 e. The molecule has 1 amide bonds. The van der Waals surface area contributed by atoms with Gasteiger partial charge in [0, 0.05) is 25.1 Å². The number of rotatable bonds is 6. The van der Waals surface area contributed by atoms with Crippen LogP contribution in [0.25, 0.3) is 0 Å². The highest BCUT2D eigenvalue weighted by molar-refractivity contribution is 7.98. The Balaban J connectivity index is 1.66. The van der Waals surface area contributed by atoms with Crippen molar-refractivity contribution in [3.63, 3.8) is 0 Å². The first-order valence-electron chi connectivity index (χ1n) is 7.86. The van der Waals surface area contributed by atoms with Crippen LogP contribution in [0.1, 0.15) is 26.7 Å². The van der Waals surface area contributed by atoms with E-state index in [0.29, 0.717) is 17.2 Å². The van der Waals surface area contributed by atoms with Crippen LogP contribution in [0.2, 0.25) is 5.02 Å². The van der Waals surface area contributed by atoms with Gasteiger partial charge in [0.15, 0.2) is 10.9 Å². The maximum Gasteiger partial charge on any atom is 0.339 e. The van der Waals surface area contributed by atoms with Gasteiger partial charge in [-0.2, -0.15) is 0 Å². The molecule has 27 heavy (non-hydrogen) atoms. The zero-order valence-corrected chi connectivity index (χ0v) is 16.1. The third-order valence-corrected chi connectivity index (χ3v) is 5.05. The first-order chi connectivity index (χ1) is 13.0. The van der Waals surface area contributed by atoms with Gasteiger partial charge in [0.05, 0.1) is 23.4 Å². The summed E-state index contributed by atoms with van der Waals surface area (Å²) < 4.78 is 12.2. The molecule has 0 unspecified atom stereocenters. The quantitative estimate of drug-likeness (QED) is 0.492. The SMILES string of the molecule is COC(=O)c1cc(NC(=O)c2ccc(CSc3nccn3C)o2)ccc1Cl. The van der Waals surface area contributed by atoms with Gasteiger partial charge in [-0.1, -0.05) is 23.4 Å². The molecule has 0 aliphatic rings. The van der Waals surface area contributed by atoms with E-state index in [-0.39, 0.29) is 16.3 Å². The van der Waals surface area contributed by atoms with Gasteiger partial charge in [0.2, 0.25) is 0 Å². The number of carbonyl (C=O) groups excluding carboxylic acids is 2. The molecule has 9 heteroatoms. The number of imidazole rings is 1. The lowest BCUT2D eigenvalue weighted by molar-refractivity contribution is 0.0600. The van der Waals surface area contributed by atoms with Gasteiger partial charge < -0.3 is 19.0 Å². The van der Waals surface area contributed by atoms with Gasteiger partial charge in [0.25, 0.3) is 5.91 Å². The van der Waals surface area contributed by atoms with Crippen LogP contribution >= 0.6 is 23.4 Å². The fraction of sp³-hybridized carbons (Fsp3) is 0.167. The zero-order valence-electron chi connectivity index (χ0n) is 14.6. The predicted molar refractivity (Wildman–Crippen MR) is 102 cm³/mol. The molecule has 1 N–H and O–H groups in total. The molecule has 2 aromatic heterocycles. The molecule has 0 saturated heterocycles. The van der Waals surface area contributed by atoms with Gasteiger partial charge in [-0.3, -0.25) is 4.79 Å². The topological polar surface area (TPSA) is 86.4 Å². The van der Waals surface area contributed by atoms with E-state index in [2.05, 4.69) is 15.0 Å². The Morgan fingerprint density at radius 1 is 1.33 bits per heavy atom. The van der Waals surface area contributed by atoms with Crippen molar-refractivity contribution < 1.29 is 18.7 Å². The van der Waals surface area contributed by atoms with Gasteiger partial charge in [-0.15, -0.1) is 0 Å². The Morgan fingerprint density at radius 2 is 2.15 bits per heavy atom. The number of carbonyl (C=O) groups is 2. The molecule has 3 aromatic rings. The molecule has 3 rings (SSSR count). The van der Waals surface area contributed by atoms with Crippen molar-refractivity contribution in [3.8, 4) is 0 Å². The minimum absolute atomic E-state index is 0.167. The van der Waals surface area contributed by atoms with Crippen LogP contribution in [0.4, 0.5) is 5.69 Å². The second-order valence-electron chi connectivity index (χ2n) is 5.52. The van der Waals surface area contributed by atoms with Gasteiger partial charge >= 0.3 is 5.97 Å². The largest absolute Gasteiger partial charge is 0.465 e. The van der Waals surface area contributed by atoms with Crippen molar-refractivity contribution >= 4 is 40.9 Å². The fourth-order valence-electron chi connectivity index (χ4n) is 2.27. The highest BCUT2D eigenvalue weighted by Crippen LogP contribution is 2.24. The van der Waals surface area contributed by atoms with Gasteiger partial charge in [-0.25, -0.2) is 9.78 Å². The van der Waals surface area contributed by atoms with E-state index in [1.807, 2.05) is 17.8 Å². The van der Waals surface area contributed by atoms with Gasteiger partial charge in [-0.05, 0) is 30.3 Å². The number of ether oxygens (including phenoxy) is 1. The molecule has 0 atom stereocenters. The molecule has 0 fully saturated rings. The molecule has 0 aliphatic carbocycles.